The highest BCUT2D eigenvalue weighted by Gasteiger charge is 2.37. The minimum Gasteiger partial charge on any atom is -0.341 e. The molecular weight excluding hydrogens is 204 g/mol. The van der Waals surface area contributed by atoms with Crippen LogP contribution < -0.4 is 16.0 Å². The molecule has 1 heterocycles. The molecule has 1 aliphatic rings. The Kier molecular flexibility index (Phi) is 3.45. The predicted octanol–water partition coefficient (Wildman–Crippen LogP) is -1.60. The second kappa shape index (κ2) is 4.60. The van der Waals surface area contributed by atoms with Crippen LogP contribution in [0, 0.1) is 0 Å². The third kappa shape index (κ3) is 2.34. The van der Waals surface area contributed by atoms with Crippen molar-refractivity contribution < 1.29 is 19.2 Å². The number of hydrogen-bond donors (Lipinski definition) is 3. The summed E-state index contributed by atoms with van der Waals surface area (Å²) in [5.74, 6) is -0.599. The van der Waals surface area contributed by atoms with Gasteiger partial charge in [0.1, 0.15) is 12.6 Å². The molecule has 8 nitrogen and oxygen atoms in total. The minimum absolute atomic E-state index is 0.0559. The third-order valence-corrected chi connectivity index (χ3v) is 1.80. The van der Waals surface area contributed by atoms with Gasteiger partial charge in [-0.05, 0) is 0 Å². The molecule has 0 aromatic carbocycles. The standard InChI is InChI=1S/C7H12N4O4/c1-8-6(13)10-4-3-15-11(5(4)12)7(14)9-2/h4H,3H2,1-2H3,(H,9,14)(H2,8,10,13). The first-order valence-corrected chi connectivity index (χ1v) is 4.27. The van der Waals surface area contributed by atoms with Gasteiger partial charge in [-0.15, -0.1) is 5.06 Å². The Bertz CT molecular complexity index is 293. The van der Waals surface area contributed by atoms with Crippen molar-refractivity contribution in [3.05, 3.63) is 0 Å². The number of amides is 5. The van der Waals surface area contributed by atoms with E-state index >= 15 is 0 Å². The summed E-state index contributed by atoms with van der Waals surface area (Å²) in [5, 5.41) is 7.46. The fourth-order valence-electron chi connectivity index (χ4n) is 1.02. The summed E-state index contributed by atoms with van der Waals surface area (Å²) in [6.07, 6.45) is 0. The number of urea groups is 2. The fraction of sp³-hybridized carbons (Fsp3) is 0.571. The maximum absolute atomic E-state index is 11.5. The van der Waals surface area contributed by atoms with E-state index in [2.05, 4.69) is 16.0 Å². The zero-order chi connectivity index (χ0) is 11.4. The first-order chi connectivity index (χ1) is 7.10. The molecule has 0 radical (unpaired) electrons. The zero-order valence-electron chi connectivity index (χ0n) is 8.36. The number of carbonyl (C=O) groups is 3. The molecule has 0 aromatic heterocycles. The van der Waals surface area contributed by atoms with Crippen LogP contribution in [-0.2, 0) is 9.63 Å². The predicted molar refractivity (Wildman–Crippen MR) is 48.6 cm³/mol. The van der Waals surface area contributed by atoms with Gasteiger partial charge in [0.05, 0.1) is 0 Å². The smallest absolute Gasteiger partial charge is 0.341 e. The van der Waals surface area contributed by atoms with Gasteiger partial charge in [-0.2, -0.15) is 0 Å². The Morgan fingerprint density at radius 3 is 2.60 bits per heavy atom. The maximum Gasteiger partial charge on any atom is 0.348 e. The number of rotatable bonds is 1. The Labute approximate surface area is 85.9 Å². The highest BCUT2D eigenvalue weighted by molar-refractivity contribution is 5.98. The highest BCUT2D eigenvalue weighted by atomic mass is 16.7. The molecule has 1 saturated heterocycles. The zero-order valence-corrected chi connectivity index (χ0v) is 8.36. The van der Waals surface area contributed by atoms with Crippen molar-refractivity contribution in [3.63, 3.8) is 0 Å². The third-order valence-electron chi connectivity index (χ3n) is 1.80. The molecule has 5 amide bonds. The molecule has 0 spiro atoms. The minimum atomic E-state index is -0.831. The Morgan fingerprint density at radius 2 is 2.07 bits per heavy atom. The normalized spacial score (nSPS) is 20.0. The quantitative estimate of drug-likeness (QED) is 0.491. The molecular formula is C7H12N4O4. The van der Waals surface area contributed by atoms with Crippen molar-refractivity contribution in [1.29, 1.82) is 0 Å². The summed E-state index contributed by atoms with van der Waals surface area (Å²) in [7, 11) is 2.80. The van der Waals surface area contributed by atoms with Crippen LogP contribution in [0.4, 0.5) is 9.59 Å². The van der Waals surface area contributed by atoms with E-state index in [1.54, 1.807) is 0 Å². The van der Waals surface area contributed by atoms with E-state index < -0.39 is 24.0 Å². The molecule has 0 aromatic rings. The van der Waals surface area contributed by atoms with Crippen LogP contribution in [-0.4, -0.2) is 49.8 Å². The molecule has 0 aliphatic carbocycles. The van der Waals surface area contributed by atoms with Crippen LogP contribution >= 0.6 is 0 Å². The van der Waals surface area contributed by atoms with E-state index in [0.717, 1.165) is 0 Å². The Balaban J connectivity index is 2.56. The van der Waals surface area contributed by atoms with Gasteiger partial charge in [0, 0.05) is 14.1 Å². The molecule has 84 valence electrons. The van der Waals surface area contributed by atoms with E-state index in [4.69, 9.17) is 4.84 Å². The van der Waals surface area contributed by atoms with Gasteiger partial charge in [0.25, 0.3) is 5.91 Å². The second-order valence-electron chi connectivity index (χ2n) is 2.76. The summed E-state index contributed by atoms with van der Waals surface area (Å²) in [4.78, 5) is 38.2. The number of nitrogens with one attached hydrogen (secondary N) is 3. The summed E-state index contributed by atoms with van der Waals surface area (Å²) < 4.78 is 0. The lowest BCUT2D eigenvalue weighted by molar-refractivity contribution is -0.147. The first kappa shape index (κ1) is 11.2. The maximum atomic E-state index is 11.5. The van der Waals surface area contributed by atoms with E-state index in [0.29, 0.717) is 5.06 Å². The molecule has 1 aliphatic heterocycles. The molecule has 8 heteroatoms. The summed E-state index contributed by atoms with van der Waals surface area (Å²) in [5.41, 5.74) is 0. The Morgan fingerprint density at radius 1 is 1.40 bits per heavy atom. The van der Waals surface area contributed by atoms with Crippen LogP contribution in [0.25, 0.3) is 0 Å². The monoisotopic (exact) mass is 216 g/mol. The van der Waals surface area contributed by atoms with E-state index in [-0.39, 0.29) is 6.61 Å². The number of hydroxylamine groups is 2. The average Bonchev–Trinajstić information content (AvgIpc) is 2.59. The van der Waals surface area contributed by atoms with Gasteiger partial charge in [-0.25, -0.2) is 9.59 Å². The summed E-state index contributed by atoms with van der Waals surface area (Å²) in [6, 6.07) is -2.00. The molecule has 1 atom stereocenters. The summed E-state index contributed by atoms with van der Waals surface area (Å²) in [6.45, 7) is -0.0559. The van der Waals surface area contributed by atoms with E-state index in [1.165, 1.54) is 14.1 Å². The van der Waals surface area contributed by atoms with E-state index in [1.807, 2.05) is 0 Å². The first-order valence-electron chi connectivity index (χ1n) is 4.27. The van der Waals surface area contributed by atoms with Gasteiger partial charge >= 0.3 is 12.1 Å². The van der Waals surface area contributed by atoms with Crippen LogP contribution in [0.2, 0.25) is 0 Å². The molecule has 1 rings (SSSR count). The molecule has 15 heavy (non-hydrogen) atoms. The molecule has 0 saturated carbocycles. The van der Waals surface area contributed by atoms with Crippen molar-refractivity contribution in [1.82, 2.24) is 21.0 Å². The Hall–Kier alpha value is -1.83. The van der Waals surface area contributed by atoms with Gasteiger partial charge in [-0.3, -0.25) is 9.63 Å². The van der Waals surface area contributed by atoms with Crippen molar-refractivity contribution in [2.75, 3.05) is 20.7 Å². The van der Waals surface area contributed by atoms with Gasteiger partial charge in [0.15, 0.2) is 0 Å². The fourth-order valence-corrected chi connectivity index (χ4v) is 1.02. The topological polar surface area (TPSA) is 99.8 Å². The van der Waals surface area contributed by atoms with Crippen molar-refractivity contribution in [3.8, 4) is 0 Å². The highest BCUT2D eigenvalue weighted by Crippen LogP contribution is 2.07. The lowest BCUT2D eigenvalue weighted by atomic mass is 10.3. The van der Waals surface area contributed by atoms with Crippen LogP contribution in [0.3, 0.4) is 0 Å². The summed E-state index contributed by atoms with van der Waals surface area (Å²) >= 11 is 0. The largest absolute Gasteiger partial charge is 0.348 e. The SMILES string of the molecule is CNC(=O)NC1CON(C(=O)NC)C1=O. The van der Waals surface area contributed by atoms with Gasteiger partial charge in [0.2, 0.25) is 0 Å². The number of hydrogen-bond acceptors (Lipinski definition) is 4. The lowest BCUT2D eigenvalue weighted by Gasteiger charge is -2.11. The molecule has 0 bridgehead atoms. The van der Waals surface area contributed by atoms with Crippen LogP contribution in [0.5, 0.6) is 0 Å². The van der Waals surface area contributed by atoms with E-state index in [9.17, 15) is 14.4 Å². The van der Waals surface area contributed by atoms with Crippen LogP contribution in [0.15, 0.2) is 0 Å². The number of nitrogens with zero attached hydrogens (tertiary/aromatic N) is 1. The lowest BCUT2D eigenvalue weighted by Crippen LogP contribution is -2.48. The number of imide groups is 1. The van der Waals surface area contributed by atoms with Gasteiger partial charge in [-0.1, -0.05) is 0 Å². The van der Waals surface area contributed by atoms with Crippen molar-refractivity contribution in [2.24, 2.45) is 0 Å². The van der Waals surface area contributed by atoms with Crippen molar-refractivity contribution in [2.45, 2.75) is 6.04 Å². The average molecular weight is 216 g/mol. The second-order valence-corrected chi connectivity index (χ2v) is 2.76. The molecule has 1 fully saturated rings. The molecule has 3 N–H and O–H groups in total. The van der Waals surface area contributed by atoms with Gasteiger partial charge < -0.3 is 16.0 Å². The van der Waals surface area contributed by atoms with Crippen LogP contribution in [0.1, 0.15) is 0 Å². The van der Waals surface area contributed by atoms with Crippen molar-refractivity contribution >= 4 is 18.0 Å². The molecule has 1 unspecified atom stereocenters. The number of carbonyl (C=O) groups excluding carboxylic acids is 3.